The Morgan fingerprint density at radius 2 is 1.92 bits per heavy atom. The molecule has 2 unspecified atom stereocenters. The van der Waals surface area contributed by atoms with Gasteiger partial charge >= 0.3 is 0 Å². The Hall–Kier alpha value is -1.40. The number of thiophene rings is 1. The molecule has 0 spiro atoms. The zero-order valence-corrected chi connectivity index (χ0v) is 15.6. The van der Waals surface area contributed by atoms with Crippen molar-refractivity contribution in [1.82, 2.24) is 9.80 Å². The Balaban J connectivity index is 1.36. The summed E-state index contributed by atoms with van der Waals surface area (Å²) in [5, 5.41) is 0. The summed E-state index contributed by atoms with van der Waals surface area (Å²) >= 11 is 1.67. The van der Waals surface area contributed by atoms with E-state index in [1.165, 1.54) is 16.9 Å². The fourth-order valence-corrected chi connectivity index (χ4v) is 5.25. The van der Waals surface area contributed by atoms with Gasteiger partial charge in [0, 0.05) is 37.7 Å². The molecule has 0 aromatic carbocycles. The van der Waals surface area contributed by atoms with Gasteiger partial charge in [-0.2, -0.15) is 0 Å². The zero-order chi connectivity index (χ0) is 17.4. The number of carbonyl (C=O) groups is 2. The molecule has 4 rings (SSSR count). The van der Waals surface area contributed by atoms with Crippen LogP contribution in [0.4, 0.5) is 0 Å². The van der Waals surface area contributed by atoms with Crippen LogP contribution in [-0.2, 0) is 22.4 Å². The molecular weight excluding hydrogens is 336 g/mol. The second kappa shape index (κ2) is 7.08. The van der Waals surface area contributed by atoms with Crippen LogP contribution in [0.5, 0.6) is 0 Å². The van der Waals surface area contributed by atoms with E-state index in [1.54, 1.807) is 11.3 Å². The van der Waals surface area contributed by atoms with Crippen molar-refractivity contribution < 1.29 is 14.3 Å². The molecule has 1 aromatic heterocycles. The Morgan fingerprint density at radius 1 is 1.16 bits per heavy atom. The first-order chi connectivity index (χ1) is 12.1. The highest BCUT2D eigenvalue weighted by Gasteiger charge is 2.32. The minimum absolute atomic E-state index is 0.102. The van der Waals surface area contributed by atoms with E-state index in [4.69, 9.17) is 4.74 Å². The van der Waals surface area contributed by atoms with E-state index in [9.17, 15) is 9.59 Å². The van der Waals surface area contributed by atoms with Crippen LogP contribution in [-0.4, -0.2) is 60.5 Å². The quantitative estimate of drug-likeness (QED) is 0.811. The van der Waals surface area contributed by atoms with Crippen molar-refractivity contribution in [3.63, 3.8) is 0 Å². The number of fused-ring (bicyclic) bond motifs is 1. The molecule has 5 nitrogen and oxygen atoms in total. The third kappa shape index (κ3) is 3.47. The van der Waals surface area contributed by atoms with Gasteiger partial charge in [-0.1, -0.05) is 6.92 Å². The third-order valence-corrected chi connectivity index (χ3v) is 6.85. The van der Waals surface area contributed by atoms with E-state index < -0.39 is 0 Å². The molecule has 1 aromatic rings. The van der Waals surface area contributed by atoms with E-state index in [2.05, 4.69) is 13.0 Å². The molecule has 2 saturated heterocycles. The molecule has 3 aliphatic rings. The lowest BCUT2D eigenvalue weighted by atomic mass is 9.90. The van der Waals surface area contributed by atoms with Crippen LogP contribution < -0.4 is 0 Å². The van der Waals surface area contributed by atoms with Crippen molar-refractivity contribution in [1.29, 1.82) is 0 Å². The van der Waals surface area contributed by atoms with Gasteiger partial charge in [-0.3, -0.25) is 9.59 Å². The molecule has 2 fully saturated rings. The molecule has 6 heteroatoms. The molecule has 2 amide bonds. The summed E-state index contributed by atoms with van der Waals surface area (Å²) in [6.07, 6.45) is 4.98. The second-order valence-electron chi connectivity index (χ2n) is 7.53. The molecule has 2 aliphatic heterocycles. The number of aryl methyl sites for hydroxylation is 1. The minimum atomic E-state index is -0.256. The van der Waals surface area contributed by atoms with Gasteiger partial charge in [0.2, 0.25) is 0 Å². The summed E-state index contributed by atoms with van der Waals surface area (Å²) < 4.78 is 5.50. The molecule has 0 N–H and O–H groups in total. The number of carbonyl (C=O) groups excluding carboxylic acids is 2. The Labute approximate surface area is 152 Å². The standard InChI is InChI=1S/C19H26N2O3S/c1-13-4-5-16-14(11-13)12-17(25-16)19(23)21-8-6-20(7-9-21)18(22)15-3-2-10-24-15/h12-13,15H,2-11H2,1H3. The van der Waals surface area contributed by atoms with E-state index in [0.717, 1.165) is 36.5 Å². The number of ether oxygens (including phenoxy) is 1. The molecule has 1 aliphatic carbocycles. The third-order valence-electron chi connectivity index (χ3n) is 5.62. The molecule has 136 valence electrons. The number of nitrogens with zero attached hydrogens (tertiary/aromatic N) is 2. The van der Waals surface area contributed by atoms with E-state index in [1.807, 2.05) is 9.80 Å². The predicted molar refractivity (Wildman–Crippen MR) is 97.0 cm³/mol. The predicted octanol–water partition coefficient (Wildman–Crippen LogP) is 2.34. The minimum Gasteiger partial charge on any atom is -0.368 e. The van der Waals surface area contributed by atoms with Crippen LogP contribution in [0.25, 0.3) is 0 Å². The summed E-state index contributed by atoms with van der Waals surface area (Å²) in [6, 6.07) is 2.11. The topological polar surface area (TPSA) is 49.9 Å². The van der Waals surface area contributed by atoms with Crippen LogP contribution in [0, 0.1) is 5.92 Å². The largest absolute Gasteiger partial charge is 0.368 e. The maximum absolute atomic E-state index is 12.8. The highest BCUT2D eigenvalue weighted by molar-refractivity contribution is 7.14. The zero-order valence-electron chi connectivity index (χ0n) is 14.8. The molecule has 0 saturated carbocycles. The Kier molecular flexibility index (Phi) is 4.82. The summed E-state index contributed by atoms with van der Waals surface area (Å²) in [5.74, 6) is 0.957. The summed E-state index contributed by atoms with van der Waals surface area (Å²) in [7, 11) is 0. The fourth-order valence-electron chi connectivity index (χ4n) is 4.07. The maximum Gasteiger partial charge on any atom is 0.264 e. The number of piperazine rings is 1. The Morgan fingerprint density at radius 3 is 2.64 bits per heavy atom. The van der Waals surface area contributed by atoms with Gasteiger partial charge in [0.25, 0.3) is 11.8 Å². The first-order valence-electron chi connectivity index (χ1n) is 9.43. The smallest absolute Gasteiger partial charge is 0.264 e. The second-order valence-corrected chi connectivity index (χ2v) is 8.66. The highest BCUT2D eigenvalue weighted by Crippen LogP contribution is 2.32. The Bertz CT molecular complexity index is 658. The van der Waals surface area contributed by atoms with Gasteiger partial charge in [-0.25, -0.2) is 0 Å². The van der Waals surface area contributed by atoms with Crippen molar-refractivity contribution >= 4 is 23.2 Å². The lowest BCUT2D eigenvalue weighted by Gasteiger charge is -2.35. The molecule has 25 heavy (non-hydrogen) atoms. The van der Waals surface area contributed by atoms with Crippen LogP contribution >= 0.6 is 11.3 Å². The van der Waals surface area contributed by atoms with Gasteiger partial charge < -0.3 is 14.5 Å². The van der Waals surface area contributed by atoms with Gasteiger partial charge in [0.05, 0.1) is 4.88 Å². The van der Waals surface area contributed by atoms with Gasteiger partial charge in [0.15, 0.2) is 0 Å². The highest BCUT2D eigenvalue weighted by atomic mass is 32.1. The number of hydrogen-bond donors (Lipinski definition) is 0. The maximum atomic E-state index is 12.8. The first kappa shape index (κ1) is 17.0. The van der Waals surface area contributed by atoms with Gasteiger partial charge in [-0.15, -0.1) is 11.3 Å². The van der Waals surface area contributed by atoms with E-state index in [0.29, 0.717) is 32.8 Å². The van der Waals surface area contributed by atoms with Crippen LogP contribution in [0.15, 0.2) is 6.07 Å². The number of hydrogen-bond acceptors (Lipinski definition) is 4. The summed E-state index contributed by atoms with van der Waals surface area (Å²) in [5.41, 5.74) is 1.37. The van der Waals surface area contributed by atoms with E-state index >= 15 is 0 Å². The average Bonchev–Trinajstić information content (AvgIpc) is 3.30. The molecular formula is C19H26N2O3S. The monoisotopic (exact) mass is 362 g/mol. The number of amides is 2. The van der Waals surface area contributed by atoms with Crippen LogP contribution in [0.1, 0.15) is 46.3 Å². The van der Waals surface area contributed by atoms with Crippen molar-refractivity contribution in [2.24, 2.45) is 5.92 Å². The molecule has 0 radical (unpaired) electrons. The normalized spacial score (nSPS) is 26.6. The van der Waals surface area contributed by atoms with Crippen molar-refractivity contribution in [2.75, 3.05) is 32.8 Å². The first-order valence-corrected chi connectivity index (χ1v) is 10.2. The van der Waals surface area contributed by atoms with Gasteiger partial charge in [-0.05, 0) is 49.7 Å². The summed E-state index contributed by atoms with van der Waals surface area (Å²) in [6.45, 7) is 5.45. The van der Waals surface area contributed by atoms with Crippen LogP contribution in [0.2, 0.25) is 0 Å². The average molecular weight is 362 g/mol. The number of rotatable bonds is 2. The fraction of sp³-hybridized carbons (Fsp3) is 0.684. The molecule has 0 bridgehead atoms. The van der Waals surface area contributed by atoms with Crippen molar-refractivity contribution in [2.45, 2.75) is 45.1 Å². The molecule has 3 heterocycles. The van der Waals surface area contributed by atoms with Crippen molar-refractivity contribution in [3.05, 3.63) is 21.4 Å². The van der Waals surface area contributed by atoms with Crippen LogP contribution in [0.3, 0.4) is 0 Å². The summed E-state index contributed by atoms with van der Waals surface area (Å²) in [4.78, 5) is 31.3. The van der Waals surface area contributed by atoms with Gasteiger partial charge in [0.1, 0.15) is 6.10 Å². The lowest BCUT2D eigenvalue weighted by Crippen LogP contribution is -2.52. The van der Waals surface area contributed by atoms with E-state index in [-0.39, 0.29) is 17.9 Å². The lowest BCUT2D eigenvalue weighted by molar-refractivity contribution is -0.142. The molecule has 2 atom stereocenters. The SMILES string of the molecule is CC1CCc2sc(C(=O)N3CCN(C(=O)C4CCCO4)CC3)cc2C1. The van der Waals surface area contributed by atoms with Crippen molar-refractivity contribution in [3.8, 4) is 0 Å².